The predicted molar refractivity (Wildman–Crippen MR) is 81.5 cm³/mol. The summed E-state index contributed by atoms with van der Waals surface area (Å²) in [6, 6.07) is 13.4. The Balaban J connectivity index is 2.21. The topological polar surface area (TPSA) is 41.5 Å². The lowest BCUT2D eigenvalue weighted by molar-refractivity contribution is 0.298. The second-order valence-corrected chi connectivity index (χ2v) is 4.89. The molecule has 0 unspecified atom stereocenters. The number of benzene rings is 2. The maximum atomic E-state index is 9.07. The Morgan fingerprint density at radius 1 is 1.15 bits per heavy atom. The third-order valence-corrected chi connectivity index (χ3v) is 3.25. The summed E-state index contributed by atoms with van der Waals surface area (Å²) in [6.45, 7) is 0.857. The van der Waals surface area contributed by atoms with E-state index in [1.165, 1.54) is 0 Å². The molecule has 4 heteroatoms. The molecule has 2 rings (SSSR count). The molecule has 0 bridgehead atoms. The van der Waals surface area contributed by atoms with Gasteiger partial charge in [-0.1, -0.05) is 35.9 Å². The summed E-state index contributed by atoms with van der Waals surface area (Å²) in [5, 5.41) is 12.7. The van der Waals surface area contributed by atoms with Gasteiger partial charge in [-0.3, -0.25) is 0 Å². The monoisotopic (exact) mass is 291 g/mol. The number of aliphatic hydroxyl groups excluding tert-OH is 1. The highest BCUT2D eigenvalue weighted by molar-refractivity contribution is 6.32. The van der Waals surface area contributed by atoms with Crippen LogP contribution in [-0.2, 0) is 13.0 Å². The lowest BCUT2D eigenvalue weighted by Crippen LogP contribution is -2.04. The van der Waals surface area contributed by atoms with Gasteiger partial charge in [-0.25, -0.2) is 0 Å². The summed E-state index contributed by atoms with van der Waals surface area (Å²) in [4.78, 5) is 0. The molecule has 0 saturated heterocycles. The van der Waals surface area contributed by atoms with Crippen LogP contribution < -0.4 is 10.1 Å². The minimum Gasteiger partial charge on any atom is -0.456 e. The second-order valence-electron chi connectivity index (χ2n) is 4.48. The Kier molecular flexibility index (Phi) is 5.41. The quantitative estimate of drug-likeness (QED) is 0.857. The zero-order chi connectivity index (χ0) is 14.4. The molecule has 0 saturated carbocycles. The van der Waals surface area contributed by atoms with E-state index in [0.29, 0.717) is 17.2 Å². The van der Waals surface area contributed by atoms with Crippen LogP contribution in [0.5, 0.6) is 11.5 Å². The molecule has 0 aromatic heterocycles. The lowest BCUT2D eigenvalue weighted by atomic mass is 10.1. The maximum Gasteiger partial charge on any atom is 0.146 e. The average Bonchev–Trinajstić information content (AvgIpc) is 2.44. The van der Waals surface area contributed by atoms with Gasteiger partial charge in [0.05, 0.1) is 5.02 Å². The van der Waals surface area contributed by atoms with Crippen molar-refractivity contribution in [1.29, 1.82) is 0 Å². The number of rotatable bonds is 6. The van der Waals surface area contributed by atoms with Gasteiger partial charge < -0.3 is 15.2 Å². The van der Waals surface area contributed by atoms with Crippen molar-refractivity contribution in [2.75, 3.05) is 13.7 Å². The van der Waals surface area contributed by atoms with E-state index in [0.717, 1.165) is 23.4 Å². The van der Waals surface area contributed by atoms with Gasteiger partial charge in [0, 0.05) is 13.2 Å². The van der Waals surface area contributed by atoms with Crippen molar-refractivity contribution in [3.63, 3.8) is 0 Å². The van der Waals surface area contributed by atoms with Crippen molar-refractivity contribution in [3.05, 3.63) is 58.6 Å². The van der Waals surface area contributed by atoms with Crippen LogP contribution in [0.4, 0.5) is 0 Å². The van der Waals surface area contributed by atoms with Crippen LogP contribution in [0.15, 0.2) is 42.5 Å². The van der Waals surface area contributed by atoms with Crippen molar-refractivity contribution in [3.8, 4) is 11.5 Å². The van der Waals surface area contributed by atoms with Crippen molar-refractivity contribution in [2.24, 2.45) is 0 Å². The van der Waals surface area contributed by atoms with Gasteiger partial charge in [0.15, 0.2) is 0 Å². The first-order valence-electron chi connectivity index (χ1n) is 6.54. The third-order valence-electron chi connectivity index (χ3n) is 2.95. The molecule has 106 valence electrons. The highest BCUT2D eigenvalue weighted by atomic mass is 35.5. The summed E-state index contributed by atoms with van der Waals surface area (Å²) >= 11 is 6.24. The SMILES string of the molecule is CNCc1ccc(Oc2ccccc2CCO)c(Cl)c1. The van der Waals surface area contributed by atoms with Crippen molar-refractivity contribution in [1.82, 2.24) is 5.32 Å². The van der Waals surface area contributed by atoms with E-state index < -0.39 is 0 Å². The van der Waals surface area contributed by atoms with Crippen molar-refractivity contribution < 1.29 is 9.84 Å². The van der Waals surface area contributed by atoms with E-state index in [9.17, 15) is 0 Å². The summed E-state index contributed by atoms with van der Waals surface area (Å²) in [5.41, 5.74) is 2.07. The van der Waals surface area contributed by atoms with Crippen molar-refractivity contribution >= 4 is 11.6 Å². The Hall–Kier alpha value is -1.55. The summed E-state index contributed by atoms with van der Waals surface area (Å²) < 4.78 is 5.86. The molecule has 0 aliphatic rings. The van der Waals surface area contributed by atoms with Crippen LogP contribution in [-0.4, -0.2) is 18.8 Å². The summed E-state index contributed by atoms with van der Waals surface area (Å²) in [7, 11) is 1.89. The number of para-hydroxylation sites is 1. The van der Waals surface area contributed by atoms with Crippen molar-refractivity contribution in [2.45, 2.75) is 13.0 Å². The van der Waals surface area contributed by atoms with Crippen LogP contribution >= 0.6 is 11.6 Å². The van der Waals surface area contributed by atoms with Gasteiger partial charge in [0.2, 0.25) is 0 Å². The fourth-order valence-electron chi connectivity index (χ4n) is 1.99. The number of halogens is 1. The highest BCUT2D eigenvalue weighted by Gasteiger charge is 2.07. The third kappa shape index (κ3) is 3.73. The molecular formula is C16H18ClNO2. The smallest absolute Gasteiger partial charge is 0.146 e. The predicted octanol–water partition coefficient (Wildman–Crippen LogP) is 3.39. The van der Waals surface area contributed by atoms with E-state index in [4.69, 9.17) is 21.4 Å². The van der Waals surface area contributed by atoms with Gasteiger partial charge in [0.25, 0.3) is 0 Å². The Labute approximate surface area is 124 Å². The molecule has 0 fully saturated rings. The van der Waals surface area contributed by atoms with E-state index in [1.54, 1.807) is 0 Å². The fourth-order valence-corrected chi connectivity index (χ4v) is 2.23. The largest absolute Gasteiger partial charge is 0.456 e. The van der Waals surface area contributed by atoms with Crippen LogP contribution in [0.1, 0.15) is 11.1 Å². The minimum absolute atomic E-state index is 0.0925. The van der Waals surface area contributed by atoms with E-state index in [2.05, 4.69) is 5.32 Å². The Morgan fingerprint density at radius 3 is 2.65 bits per heavy atom. The zero-order valence-corrected chi connectivity index (χ0v) is 12.2. The first-order chi connectivity index (χ1) is 9.74. The molecule has 2 aromatic rings. The van der Waals surface area contributed by atoms with E-state index in [1.807, 2.05) is 49.5 Å². The van der Waals surface area contributed by atoms with E-state index >= 15 is 0 Å². The highest BCUT2D eigenvalue weighted by Crippen LogP contribution is 2.32. The molecule has 0 spiro atoms. The molecule has 0 atom stereocenters. The number of nitrogens with one attached hydrogen (secondary N) is 1. The van der Waals surface area contributed by atoms with Gasteiger partial charge >= 0.3 is 0 Å². The zero-order valence-electron chi connectivity index (χ0n) is 11.4. The standard InChI is InChI=1S/C16H18ClNO2/c1-18-11-12-6-7-16(14(17)10-12)20-15-5-3-2-4-13(15)8-9-19/h2-7,10,18-19H,8-9,11H2,1H3. The van der Waals surface area contributed by atoms with Crippen LogP contribution in [0, 0.1) is 0 Å². The number of aliphatic hydroxyl groups is 1. The first-order valence-corrected chi connectivity index (χ1v) is 6.92. The van der Waals surface area contributed by atoms with Gasteiger partial charge in [-0.15, -0.1) is 0 Å². The molecule has 0 aliphatic carbocycles. The number of hydrogen-bond donors (Lipinski definition) is 2. The van der Waals surface area contributed by atoms with Gasteiger partial charge in [-0.2, -0.15) is 0 Å². The van der Waals surface area contributed by atoms with Gasteiger partial charge in [-0.05, 0) is 42.8 Å². The fraction of sp³-hybridized carbons (Fsp3) is 0.250. The normalized spacial score (nSPS) is 10.6. The molecule has 0 radical (unpaired) electrons. The molecular weight excluding hydrogens is 274 g/mol. The molecule has 0 heterocycles. The molecule has 3 nitrogen and oxygen atoms in total. The molecule has 20 heavy (non-hydrogen) atoms. The number of hydrogen-bond acceptors (Lipinski definition) is 3. The Morgan fingerprint density at radius 2 is 1.95 bits per heavy atom. The summed E-state index contributed by atoms with van der Waals surface area (Å²) in [5.74, 6) is 1.35. The minimum atomic E-state index is 0.0925. The first kappa shape index (κ1) is 14.9. The average molecular weight is 292 g/mol. The second kappa shape index (κ2) is 7.29. The molecule has 0 aliphatic heterocycles. The summed E-state index contributed by atoms with van der Waals surface area (Å²) in [6.07, 6.45) is 0.561. The molecule has 2 aromatic carbocycles. The number of ether oxygens (including phenoxy) is 1. The maximum absolute atomic E-state index is 9.07. The van der Waals surface area contributed by atoms with Gasteiger partial charge in [0.1, 0.15) is 11.5 Å². The lowest BCUT2D eigenvalue weighted by Gasteiger charge is -2.12. The Bertz CT molecular complexity index is 572. The van der Waals surface area contributed by atoms with Crippen LogP contribution in [0.3, 0.4) is 0 Å². The van der Waals surface area contributed by atoms with E-state index in [-0.39, 0.29) is 6.61 Å². The molecule has 0 amide bonds. The van der Waals surface area contributed by atoms with Crippen LogP contribution in [0.25, 0.3) is 0 Å². The molecule has 2 N–H and O–H groups in total. The van der Waals surface area contributed by atoms with Crippen LogP contribution in [0.2, 0.25) is 5.02 Å².